The van der Waals surface area contributed by atoms with Crippen LogP contribution in [0.2, 0.25) is 0 Å². The minimum atomic E-state index is -4.37. The number of nitrogens with two attached hydrogens (primary N) is 1. The third kappa shape index (κ3) is 7.74. The molecule has 0 aromatic heterocycles. The fourth-order valence-corrected chi connectivity index (χ4v) is 0.681. The number of hydrogen-bond acceptors (Lipinski definition) is 3. The summed E-state index contributed by atoms with van der Waals surface area (Å²) in [5, 5.41) is 4.00. The first-order valence-electron chi connectivity index (χ1n) is 4.08. The molecule has 0 bridgehead atoms. The maximum absolute atomic E-state index is 11.6. The minimum absolute atomic E-state index is 0.517. The van der Waals surface area contributed by atoms with E-state index in [4.69, 9.17) is 5.73 Å². The quantitative estimate of drug-likeness (QED) is 0.570. The topological polar surface area (TPSA) is 84.2 Å². The monoisotopic (exact) mass is 227 g/mol. The second-order valence-electron chi connectivity index (χ2n) is 2.91. The van der Waals surface area contributed by atoms with Crippen LogP contribution >= 0.6 is 0 Å². The van der Waals surface area contributed by atoms with Gasteiger partial charge in [-0.15, -0.1) is 0 Å². The number of amides is 2. The van der Waals surface area contributed by atoms with Crippen LogP contribution in [0.1, 0.15) is 6.92 Å². The molecular formula is C7H12F3N3O2. The highest BCUT2D eigenvalue weighted by Gasteiger charge is 2.26. The van der Waals surface area contributed by atoms with Crippen LogP contribution < -0.4 is 16.4 Å². The number of alkyl halides is 3. The highest BCUT2D eigenvalue weighted by molar-refractivity contribution is 5.86. The first-order chi connectivity index (χ1) is 6.72. The molecule has 4 N–H and O–H groups in total. The van der Waals surface area contributed by atoms with Crippen molar-refractivity contribution in [3.63, 3.8) is 0 Å². The molecule has 1 atom stereocenters. The summed E-state index contributed by atoms with van der Waals surface area (Å²) < 4.78 is 34.9. The van der Waals surface area contributed by atoms with E-state index in [0.717, 1.165) is 0 Å². The van der Waals surface area contributed by atoms with Gasteiger partial charge in [0.2, 0.25) is 11.8 Å². The van der Waals surface area contributed by atoms with Crippen molar-refractivity contribution in [2.45, 2.75) is 19.1 Å². The van der Waals surface area contributed by atoms with Crippen LogP contribution in [0.5, 0.6) is 0 Å². The predicted octanol–water partition coefficient (Wildman–Crippen LogP) is -0.872. The van der Waals surface area contributed by atoms with Gasteiger partial charge >= 0.3 is 6.18 Å². The van der Waals surface area contributed by atoms with E-state index in [9.17, 15) is 22.8 Å². The van der Waals surface area contributed by atoms with Crippen molar-refractivity contribution in [3.8, 4) is 0 Å². The number of hydrogen-bond donors (Lipinski definition) is 3. The van der Waals surface area contributed by atoms with Crippen molar-refractivity contribution in [3.05, 3.63) is 0 Å². The zero-order valence-electron chi connectivity index (χ0n) is 8.02. The van der Waals surface area contributed by atoms with Crippen molar-refractivity contribution in [2.24, 2.45) is 5.73 Å². The molecule has 0 aromatic carbocycles. The highest BCUT2D eigenvalue weighted by atomic mass is 19.4. The van der Waals surface area contributed by atoms with Crippen LogP contribution in [0.15, 0.2) is 0 Å². The van der Waals surface area contributed by atoms with Gasteiger partial charge in [-0.2, -0.15) is 13.2 Å². The maximum Gasteiger partial charge on any atom is 0.401 e. The third-order valence-corrected chi connectivity index (χ3v) is 1.42. The maximum atomic E-state index is 11.6. The van der Waals surface area contributed by atoms with E-state index in [1.165, 1.54) is 6.92 Å². The van der Waals surface area contributed by atoms with Crippen molar-refractivity contribution in [2.75, 3.05) is 13.1 Å². The van der Waals surface area contributed by atoms with Crippen LogP contribution in [0.4, 0.5) is 13.2 Å². The Morgan fingerprint density at radius 3 is 2.33 bits per heavy atom. The Hall–Kier alpha value is -1.31. The minimum Gasteiger partial charge on any atom is -0.368 e. The van der Waals surface area contributed by atoms with Crippen molar-refractivity contribution in [1.29, 1.82) is 0 Å². The number of carbonyl (C=O) groups is 2. The molecule has 0 aliphatic heterocycles. The van der Waals surface area contributed by atoms with Crippen molar-refractivity contribution in [1.82, 2.24) is 10.6 Å². The zero-order valence-corrected chi connectivity index (χ0v) is 8.02. The summed E-state index contributed by atoms with van der Waals surface area (Å²) in [5.74, 6) is -1.47. The summed E-state index contributed by atoms with van der Waals surface area (Å²) in [5.41, 5.74) is 4.83. The Bertz CT molecular complexity index is 242. The lowest BCUT2D eigenvalue weighted by Crippen LogP contribution is -2.46. The van der Waals surface area contributed by atoms with E-state index in [-0.39, 0.29) is 0 Å². The average Bonchev–Trinajstić information content (AvgIpc) is 2.01. The van der Waals surface area contributed by atoms with Gasteiger partial charge in [0.25, 0.3) is 0 Å². The average molecular weight is 227 g/mol. The van der Waals surface area contributed by atoms with Gasteiger partial charge in [-0.05, 0) is 6.92 Å². The Morgan fingerprint density at radius 2 is 1.93 bits per heavy atom. The summed E-state index contributed by atoms with van der Waals surface area (Å²) in [7, 11) is 0. The van der Waals surface area contributed by atoms with Gasteiger partial charge in [-0.25, -0.2) is 0 Å². The number of rotatable bonds is 5. The molecular weight excluding hydrogens is 215 g/mol. The summed E-state index contributed by atoms with van der Waals surface area (Å²) in [6.07, 6.45) is -4.37. The van der Waals surface area contributed by atoms with Crippen LogP contribution in [-0.4, -0.2) is 37.1 Å². The van der Waals surface area contributed by atoms with E-state index >= 15 is 0 Å². The molecule has 0 aliphatic carbocycles. The lowest BCUT2D eigenvalue weighted by molar-refractivity contribution is -0.130. The molecule has 0 rings (SSSR count). The van der Waals surface area contributed by atoms with E-state index in [2.05, 4.69) is 5.32 Å². The molecule has 8 heteroatoms. The van der Waals surface area contributed by atoms with Crippen LogP contribution in [0.3, 0.4) is 0 Å². The van der Waals surface area contributed by atoms with Crippen LogP contribution in [-0.2, 0) is 9.59 Å². The van der Waals surface area contributed by atoms with Crippen molar-refractivity contribution < 1.29 is 22.8 Å². The summed E-state index contributed by atoms with van der Waals surface area (Å²) in [4.78, 5) is 21.4. The lowest BCUT2D eigenvalue weighted by atomic mass is 10.3. The number of halogens is 3. The first kappa shape index (κ1) is 13.7. The lowest BCUT2D eigenvalue weighted by Gasteiger charge is -2.11. The second-order valence-corrected chi connectivity index (χ2v) is 2.91. The fourth-order valence-electron chi connectivity index (χ4n) is 0.681. The van der Waals surface area contributed by atoms with E-state index in [1.54, 1.807) is 0 Å². The molecule has 0 heterocycles. The third-order valence-electron chi connectivity index (χ3n) is 1.42. The van der Waals surface area contributed by atoms with Crippen LogP contribution in [0.25, 0.3) is 0 Å². The second kappa shape index (κ2) is 5.54. The van der Waals surface area contributed by atoms with Gasteiger partial charge in [0, 0.05) is 0 Å². The Balaban J connectivity index is 3.72. The van der Waals surface area contributed by atoms with Gasteiger partial charge in [-0.1, -0.05) is 0 Å². The van der Waals surface area contributed by atoms with Crippen molar-refractivity contribution >= 4 is 11.8 Å². The van der Waals surface area contributed by atoms with Gasteiger partial charge in [0.05, 0.1) is 13.1 Å². The van der Waals surface area contributed by atoms with E-state index in [0.29, 0.717) is 0 Å². The Morgan fingerprint density at radius 1 is 1.40 bits per heavy atom. The molecule has 0 fully saturated rings. The molecule has 0 aromatic rings. The predicted molar refractivity (Wildman–Crippen MR) is 45.7 cm³/mol. The normalized spacial score (nSPS) is 13.3. The summed E-state index contributed by atoms with van der Waals surface area (Å²) >= 11 is 0. The molecule has 0 radical (unpaired) electrons. The molecule has 0 spiro atoms. The Labute approximate surface area is 84.2 Å². The molecule has 0 aliphatic rings. The molecule has 88 valence electrons. The number of nitrogens with one attached hydrogen (secondary N) is 2. The molecule has 2 amide bonds. The number of carbonyl (C=O) groups excluding carboxylic acids is 2. The number of primary amides is 1. The molecule has 15 heavy (non-hydrogen) atoms. The largest absolute Gasteiger partial charge is 0.401 e. The molecule has 5 nitrogen and oxygen atoms in total. The molecule has 0 saturated heterocycles. The molecule has 1 unspecified atom stereocenters. The zero-order chi connectivity index (χ0) is 12.1. The van der Waals surface area contributed by atoms with Crippen LogP contribution in [0, 0.1) is 0 Å². The van der Waals surface area contributed by atoms with E-state index in [1.807, 2.05) is 5.32 Å². The van der Waals surface area contributed by atoms with Gasteiger partial charge < -0.3 is 16.4 Å². The van der Waals surface area contributed by atoms with E-state index < -0.39 is 37.1 Å². The fraction of sp³-hybridized carbons (Fsp3) is 0.714. The summed E-state index contributed by atoms with van der Waals surface area (Å²) in [6, 6.07) is -0.898. The van der Waals surface area contributed by atoms with Gasteiger partial charge in [0.1, 0.15) is 6.04 Å². The summed E-state index contributed by atoms with van der Waals surface area (Å²) in [6.45, 7) is -0.438. The van der Waals surface area contributed by atoms with Gasteiger partial charge in [-0.3, -0.25) is 9.59 Å². The first-order valence-corrected chi connectivity index (χ1v) is 4.08. The Kier molecular flexibility index (Phi) is 5.06. The van der Waals surface area contributed by atoms with Gasteiger partial charge in [0.15, 0.2) is 0 Å². The highest BCUT2D eigenvalue weighted by Crippen LogP contribution is 2.11. The standard InChI is InChI=1S/C7H12F3N3O2/c1-4(6(11)15)13-5(14)2-12-3-7(8,9)10/h4,12H,2-3H2,1H3,(H2,11,15)(H,13,14). The molecule has 0 saturated carbocycles. The SMILES string of the molecule is CC(NC(=O)CNCC(F)(F)F)C(N)=O. The smallest absolute Gasteiger partial charge is 0.368 e.